The highest BCUT2D eigenvalue weighted by atomic mass is 16.4. The van der Waals surface area contributed by atoms with Gasteiger partial charge in [-0.3, -0.25) is 9.89 Å². The highest BCUT2D eigenvalue weighted by molar-refractivity contribution is 5.66. The first kappa shape index (κ1) is 10.1. The summed E-state index contributed by atoms with van der Waals surface area (Å²) in [6.45, 7) is 0. The van der Waals surface area contributed by atoms with Gasteiger partial charge in [-0.2, -0.15) is 10.4 Å². The predicted molar refractivity (Wildman–Crippen MR) is 48.3 cm³/mol. The summed E-state index contributed by atoms with van der Waals surface area (Å²) in [6, 6.07) is 1.92. The molecule has 14 heavy (non-hydrogen) atoms. The van der Waals surface area contributed by atoms with Gasteiger partial charge in [0.25, 0.3) is 0 Å². The normalized spacial score (nSPS) is 9.64. The molecule has 0 saturated heterocycles. The van der Waals surface area contributed by atoms with E-state index in [1.807, 2.05) is 6.07 Å². The van der Waals surface area contributed by atoms with Gasteiger partial charge < -0.3 is 10.8 Å². The second-order valence-electron chi connectivity index (χ2n) is 2.82. The van der Waals surface area contributed by atoms with E-state index in [-0.39, 0.29) is 12.2 Å². The number of nitrogens with two attached hydrogens (primary N) is 1. The second kappa shape index (κ2) is 4.28. The van der Waals surface area contributed by atoms with E-state index < -0.39 is 5.97 Å². The summed E-state index contributed by atoms with van der Waals surface area (Å²) in [6.07, 6.45) is 1.01. The highest BCUT2D eigenvalue weighted by Crippen LogP contribution is 2.13. The van der Waals surface area contributed by atoms with Crippen LogP contribution in [0.1, 0.15) is 24.1 Å². The molecule has 1 aromatic rings. The number of carboxylic acids is 1. The van der Waals surface area contributed by atoms with E-state index in [0.29, 0.717) is 24.1 Å². The fourth-order valence-corrected chi connectivity index (χ4v) is 1.12. The average molecular weight is 194 g/mol. The Hall–Kier alpha value is -2.03. The van der Waals surface area contributed by atoms with Gasteiger partial charge in [-0.05, 0) is 12.8 Å². The molecule has 6 heteroatoms. The van der Waals surface area contributed by atoms with Crippen molar-refractivity contribution in [1.29, 1.82) is 5.26 Å². The summed E-state index contributed by atoms with van der Waals surface area (Å²) in [5.41, 5.74) is 6.32. The van der Waals surface area contributed by atoms with E-state index in [4.69, 9.17) is 16.1 Å². The molecule has 0 bridgehead atoms. The lowest BCUT2D eigenvalue weighted by atomic mass is 10.1. The summed E-state index contributed by atoms with van der Waals surface area (Å²) in [4.78, 5) is 10.2. The van der Waals surface area contributed by atoms with Crippen LogP contribution in [0.5, 0.6) is 0 Å². The first-order valence-electron chi connectivity index (χ1n) is 4.09. The van der Waals surface area contributed by atoms with Crippen molar-refractivity contribution >= 4 is 11.8 Å². The van der Waals surface area contributed by atoms with Gasteiger partial charge in [0.15, 0.2) is 5.82 Å². The first-order chi connectivity index (χ1) is 6.65. The van der Waals surface area contributed by atoms with Crippen LogP contribution >= 0.6 is 0 Å². The standard InChI is InChI=1S/C8H10N4O2/c9-4-5-6(11-12-8(5)10)2-1-3-7(13)14/h1-3H2,(H,13,14)(H3,10,11,12). The van der Waals surface area contributed by atoms with Crippen LogP contribution in [0.25, 0.3) is 0 Å². The molecule has 0 spiro atoms. The Bertz CT molecular complexity index is 377. The quantitative estimate of drug-likeness (QED) is 0.636. The summed E-state index contributed by atoms with van der Waals surface area (Å²) in [5.74, 6) is -0.686. The lowest BCUT2D eigenvalue weighted by molar-refractivity contribution is -0.137. The summed E-state index contributed by atoms with van der Waals surface area (Å²) in [7, 11) is 0. The van der Waals surface area contributed by atoms with E-state index in [1.165, 1.54) is 0 Å². The Morgan fingerprint density at radius 2 is 2.43 bits per heavy atom. The van der Waals surface area contributed by atoms with Gasteiger partial charge in [0.05, 0.1) is 5.69 Å². The third-order valence-corrected chi connectivity index (χ3v) is 1.80. The molecule has 0 aromatic carbocycles. The maximum atomic E-state index is 10.2. The van der Waals surface area contributed by atoms with Crippen molar-refractivity contribution in [3.8, 4) is 6.07 Å². The Labute approximate surface area is 80.3 Å². The summed E-state index contributed by atoms with van der Waals surface area (Å²) < 4.78 is 0. The van der Waals surface area contributed by atoms with E-state index in [2.05, 4.69) is 10.2 Å². The van der Waals surface area contributed by atoms with E-state index in [1.54, 1.807) is 0 Å². The number of rotatable bonds is 4. The van der Waals surface area contributed by atoms with Crippen LogP contribution in [0.4, 0.5) is 5.82 Å². The van der Waals surface area contributed by atoms with Crippen LogP contribution in [0, 0.1) is 11.3 Å². The monoisotopic (exact) mass is 194 g/mol. The Kier molecular flexibility index (Phi) is 3.07. The van der Waals surface area contributed by atoms with Crippen LogP contribution in [0.2, 0.25) is 0 Å². The molecule has 0 radical (unpaired) electrons. The van der Waals surface area contributed by atoms with Crippen molar-refractivity contribution in [2.75, 3.05) is 5.73 Å². The third kappa shape index (κ3) is 2.23. The number of nitrogens with one attached hydrogen (secondary N) is 1. The van der Waals surface area contributed by atoms with Crippen molar-refractivity contribution in [1.82, 2.24) is 10.2 Å². The highest BCUT2D eigenvalue weighted by Gasteiger charge is 2.09. The minimum Gasteiger partial charge on any atom is -0.481 e. The van der Waals surface area contributed by atoms with Gasteiger partial charge in [-0.1, -0.05) is 0 Å². The SMILES string of the molecule is N#Cc1c(N)n[nH]c1CCCC(=O)O. The van der Waals surface area contributed by atoms with Crippen LogP contribution in [0.3, 0.4) is 0 Å². The van der Waals surface area contributed by atoms with Gasteiger partial charge in [0.2, 0.25) is 0 Å². The molecule has 1 aromatic heterocycles. The zero-order valence-electron chi connectivity index (χ0n) is 7.45. The number of H-pyrrole nitrogens is 1. The number of aromatic nitrogens is 2. The van der Waals surface area contributed by atoms with Gasteiger partial charge in [0, 0.05) is 6.42 Å². The molecule has 6 nitrogen and oxygen atoms in total. The largest absolute Gasteiger partial charge is 0.481 e. The number of nitrogens with zero attached hydrogens (tertiary/aromatic N) is 2. The van der Waals surface area contributed by atoms with Gasteiger partial charge in [0.1, 0.15) is 11.6 Å². The lowest BCUT2D eigenvalue weighted by Gasteiger charge is -1.95. The average Bonchev–Trinajstić information content (AvgIpc) is 2.46. The number of hydrogen-bond acceptors (Lipinski definition) is 4. The molecular weight excluding hydrogens is 184 g/mol. The predicted octanol–water partition coefficient (Wildman–Crippen LogP) is 0.271. The summed E-state index contributed by atoms with van der Waals surface area (Å²) in [5, 5.41) is 23.4. The smallest absolute Gasteiger partial charge is 0.303 e. The molecule has 74 valence electrons. The van der Waals surface area contributed by atoms with Gasteiger partial charge in [-0.25, -0.2) is 0 Å². The van der Waals surface area contributed by atoms with Crippen molar-refractivity contribution in [3.05, 3.63) is 11.3 Å². The molecule has 0 aliphatic heterocycles. The number of aryl methyl sites for hydroxylation is 1. The zero-order valence-corrected chi connectivity index (χ0v) is 7.45. The third-order valence-electron chi connectivity index (χ3n) is 1.80. The van der Waals surface area contributed by atoms with Gasteiger partial charge in [-0.15, -0.1) is 0 Å². The van der Waals surface area contributed by atoms with Crippen molar-refractivity contribution in [2.45, 2.75) is 19.3 Å². The van der Waals surface area contributed by atoms with Crippen molar-refractivity contribution in [2.24, 2.45) is 0 Å². The molecule has 0 amide bonds. The van der Waals surface area contributed by atoms with E-state index in [9.17, 15) is 4.79 Å². The molecule has 0 unspecified atom stereocenters. The Morgan fingerprint density at radius 3 is 3.00 bits per heavy atom. The fraction of sp³-hybridized carbons (Fsp3) is 0.375. The number of aromatic amines is 1. The fourth-order valence-electron chi connectivity index (χ4n) is 1.12. The molecule has 1 heterocycles. The van der Waals surface area contributed by atoms with E-state index in [0.717, 1.165) is 0 Å². The topological polar surface area (TPSA) is 116 Å². The number of carbonyl (C=O) groups is 1. The van der Waals surface area contributed by atoms with Crippen molar-refractivity contribution < 1.29 is 9.90 Å². The van der Waals surface area contributed by atoms with Crippen molar-refractivity contribution in [3.63, 3.8) is 0 Å². The molecular formula is C8H10N4O2. The first-order valence-corrected chi connectivity index (χ1v) is 4.09. The molecule has 0 atom stereocenters. The molecule has 0 saturated carbocycles. The lowest BCUT2D eigenvalue weighted by Crippen LogP contribution is -1.97. The number of aliphatic carboxylic acids is 1. The molecule has 0 fully saturated rings. The number of nitriles is 1. The number of nitrogen functional groups attached to an aromatic ring is 1. The number of carboxylic acid groups (broad SMARTS) is 1. The molecule has 0 aliphatic carbocycles. The second-order valence-corrected chi connectivity index (χ2v) is 2.82. The Morgan fingerprint density at radius 1 is 1.71 bits per heavy atom. The van der Waals surface area contributed by atoms with Crippen LogP contribution < -0.4 is 5.73 Å². The minimum absolute atomic E-state index is 0.0732. The zero-order chi connectivity index (χ0) is 10.6. The molecule has 0 aliphatic rings. The molecule has 4 N–H and O–H groups in total. The van der Waals surface area contributed by atoms with Crippen LogP contribution in [-0.2, 0) is 11.2 Å². The maximum absolute atomic E-state index is 10.2. The van der Waals surface area contributed by atoms with E-state index >= 15 is 0 Å². The Balaban J connectivity index is 2.59. The van der Waals surface area contributed by atoms with Gasteiger partial charge >= 0.3 is 5.97 Å². The minimum atomic E-state index is -0.851. The van der Waals surface area contributed by atoms with Crippen LogP contribution in [-0.4, -0.2) is 21.3 Å². The summed E-state index contributed by atoms with van der Waals surface area (Å²) >= 11 is 0. The molecule has 1 rings (SSSR count). The number of hydrogen-bond donors (Lipinski definition) is 3. The van der Waals surface area contributed by atoms with Crippen LogP contribution in [0.15, 0.2) is 0 Å². The number of anilines is 1. The maximum Gasteiger partial charge on any atom is 0.303 e.